The third-order valence-corrected chi connectivity index (χ3v) is 3.10. The molecule has 0 aromatic heterocycles. The minimum absolute atomic E-state index is 0.258. The van der Waals surface area contributed by atoms with E-state index < -0.39 is 5.97 Å². The Labute approximate surface area is 117 Å². The van der Waals surface area contributed by atoms with Crippen LogP contribution in [0.1, 0.15) is 15.9 Å². The molecule has 0 aliphatic carbocycles. The fraction of sp³-hybridized carbons (Fsp3) is 0.188. The third kappa shape index (κ3) is 2.59. The molecule has 0 unspecified atom stereocenters. The van der Waals surface area contributed by atoms with Gasteiger partial charge < -0.3 is 14.6 Å². The monoisotopic (exact) mass is 272 g/mol. The summed E-state index contributed by atoms with van der Waals surface area (Å²) in [6.07, 6.45) is 0. The predicted octanol–water partition coefficient (Wildman–Crippen LogP) is 3.38. The molecule has 0 fully saturated rings. The fourth-order valence-corrected chi connectivity index (χ4v) is 2.09. The number of hydrogen-bond acceptors (Lipinski definition) is 3. The topological polar surface area (TPSA) is 55.8 Å². The van der Waals surface area contributed by atoms with Crippen LogP contribution in [0.4, 0.5) is 0 Å². The molecule has 0 atom stereocenters. The Morgan fingerprint density at radius 1 is 1.00 bits per heavy atom. The summed E-state index contributed by atoms with van der Waals surface area (Å²) in [5.74, 6) is 0.284. The van der Waals surface area contributed by atoms with Crippen molar-refractivity contribution < 1.29 is 19.4 Å². The Hall–Kier alpha value is -2.49. The Balaban J connectivity index is 2.65. The van der Waals surface area contributed by atoms with Crippen LogP contribution in [0.25, 0.3) is 11.1 Å². The molecule has 2 aromatic carbocycles. The van der Waals surface area contributed by atoms with Gasteiger partial charge in [0.2, 0.25) is 0 Å². The summed E-state index contributed by atoms with van der Waals surface area (Å²) in [5, 5.41) is 9.35. The lowest BCUT2D eigenvalue weighted by Gasteiger charge is -2.13. The first kappa shape index (κ1) is 13.9. The molecule has 0 radical (unpaired) electrons. The molecule has 2 aromatic rings. The van der Waals surface area contributed by atoms with E-state index in [0.717, 1.165) is 11.1 Å². The van der Waals surface area contributed by atoms with Crippen LogP contribution >= 0.6 is 0 Å². The van der Waals surface area contributed by atoms with Crippen molar-refractivity contribution in [3.63, 3.8) is 0 Å². The lowest BCUT2D eigenvalue weighted by Crippen LogP contribution is -2.01. The van der Waals surface area contributed by atoms with Crippen LogP contribution in [-0.2, 0) is 0 Å². The maximum absolute atomic E-state index is 11.4. The molecule has 0 heterocycles. The van der Waals surface area contributed by atoms with E-state index in [0.29, 0.717) is 17.1 Å². The zero-order valence-corrected chi connectivity index (χ0v) is 11.6. The van der Waals surface area contributed by atoms with Gasteiger partial charge in [-0.05, 0) is 30.7 Å². The minimum atomic E-state index is -0.957. The summed E-state index contributed by atoms with van der Waals surface area (Å²) < 4.78 is 10.5. The maximum Gasteiger partial charge on any atom is 0.336 e. The molecule has 4 heteroatoms. The molecule has 4 nitrogen and oxygen atoms in total. The van der Waals surface area contributed by atoms with E-state index in [1.807, 2.05) is 13.0 Å². The molecule has 1 N–H and O–H groups in total. The number of hydrogen-bond donors (Lipinski definition) is 1. The van der Waals surface area contributed by atoms with E-state index in [4.69, 9.17) is 9.47 Å². The molecule has 0 saturated heterocycles. The lowest BCUT2D eigenvalue weighted by molar-refractivity contribution is 0.0697. The number of carboxylic acids is 1. The molecular formula is C16H16O4. The van der Waals surface area contributed by atoms with E-state index in [1.165, 1.54) is 0 Å². The van der Waals surface area contributed by atoms with Crippen molar-refractivity contribution in [2.24, 2.45) is 0 Å². The zero-order chi connectivity index (χ0) is 14.7. The van der Waals surface area contributed by atoms with E-state index in [-0.39, 0.29) is 5.56 Å². The van der Waals surface area contributed by atoms with Gasteiger partial charge in [-0.25, -0.2) is 4.79 Å². The average molecular weight is 272 g/mol. The van der Waals surface area contributed by atoms with Gasteiger partial charge in [0.25, 0.3) is 0 Å². The first-order valence-corrected chi connectivity index (χ1v) is 6.13. The SMILES string of the molecule is COc1ccc(-c2ccc(C)cc2C(=O)O)c(OC)c1. The lowest BCUT2D eigenvalue weighted by atomic mass is 9.97. The van der Waals surface area contributed by atoms with Crippen molar-refractivity contribution in [3.05, 3.63) is 47.5 Å². The van der Waals surface area contributed by atoms with Gasteiger partial charge in [0.1, 0.15) is 11.5 Å². The molecule has 104 valence electrons. The number of carbonyl (C=O) groups is 1. The minimum Gasteiger partial charge on any atom is -0.497 e. The Kier molecular flexibility index (Phi) is 3.94. The molecule has 0 bridgehead atoms. The van der Waals surface area contributed by atoms with Gasteiger partial charge in [0, 0.05) is 11.6 Å². The fourth-order valence-electron chi connectivity index (χ4n) is 2.09. The normalized spacial score (nSPS) is 10.2. The molecule has 0 spiro atoms. The van der Waals surface area contributed by atoms with E-state index in [1.54, 1.807) is 44.6 Å². The van der Waals surface area contributed by atoms with E-state index >= 15 is 0 Å². The number of aryl methyl sites for hydroxylation is 1. The second-order valence-corrected chi connectivity index (χ2v) is 4.42. The van der Waals surface area contributed by atoms with Gasteiger partial charge in [0.15, 0.2) is 0 Å². The highest BCUT2D eigenvalue weighted by molar-refractivity contribution is 5.97. The number of benzene rings is 2. The highest BCUT2D eigenvalue weighted by Crippen LogP contribution is 2.35. The van der Waals surface area contributed by atoms with Gasteiger partial charge >= 0.3 is 5.97 Å². The number of rotatable bonds is 4. The molecular weight excluding hydrogens is 256 g/mol. The summed E-state index contributed by atoms with van der Waals surface area (Å²) in [5.41, 5.74) is 2.51. The highest BCUT2D eigenvalue weighted by Gasteiger charge is 2.15. The van der Waals surface area contributed by atoms with Crippen molar-refractivity contribution in [1.82, 2.24) is 0 Å². The summed E-state index contributed by atoms with van der Waals surface area (Å²) >= 11 is 0. The van der Waals surface area contributed by atoms with Crippen molar-refractivity contribution in [2.45, 2.75) is 6.92 Å². The second-order valence-electron chi connectivity index (χ2n) is 4.42. The van der Waals surface area contributed by atoms with Crippen molar-refractivity contribution in [2.75, 3.05) is 14.2 Å². The third-order valence-electron chi connectivity index (χ3n) is 3.10. The van der Waals surface area contributed by atoms with Crippen LogP contribution in [0.2, 0.25) is 0 Å². The van der Waals surface area contributed by atoms with Crippen LogP contribution in [0, 0.1) is 6.92 Å². The molecule has 0 saturated carbocycles. The Bertz CT molecular complexity index is 647. The number of methoxy groups -OCH3 is 2. The Morgan fingerprint density at radius 2 is 1.70 bits per heavy atom. The first-order valence-electron chi connectivity index (χ1n) is 6.13. The number of aromatic carboxylic acids is 1. The summed E-state index contributed by atoms with van der Waals surface area (Å²) in [6, 6.07) is 10.6. The predicted molar refractivity (Wildman–Crippen MR) is 76.7 cm³/mol. The summed E-state index contributed by atoms with van der Waals surface area (Å²) in [7, 11) is 3.12. The van der Waals surface area contributed by atoms with Crippen molar-refractivity contribution >= 4 is 5.97 Å². The maximum atomic E-state index is 11.4. The van der Waals surface area contributed by atoms with E-state index in [2.05, 4.69) is 0 Å². The smallest absolute Gasteiger partial charge is 0.336 e. The van der Waals surface area contributed by atoms with Gasteiger partial charge in [-0.2, -0.15) is 0 Å². The number of ether oxygens (including phenoxy) is 2. The van der Waals surface area contributed by atoms with Crippen LogP contribution in [-0.4, -0.2) is 25.3 Å². The second kappa shape index (κ2) is 5.65. The molecule has 0 aliphatic heterocycles. The zero-order valence-electron chi connectivity index (χ0n) is 11.6. The van der Waals surface area contributed by atoms with Gasteiger partial charge in [0.05, 0.1) is 19.8 Å². The average Bonchev–Trinajstić information content (AvgIpc) is 2.46. The van der Waals surface area contributed by atoms with Gasteiger partial charge in [-0.15, -0.1) is 0 Å². The van der Waals surface area contributed by atoms with Gasteiger partial charge in [-0.3, -0.25) is 0 Å². The molecule has 20 heavy (non-hydrogen) atoms. The van der Waals surface area contributed by atoms with Crippen LogP contribution in [0.15, 0.2) is 36.4 Å². The summed E-state index contributed by atoms with van der Waals surface area (Å²) in [6.45, 7) is 1.86. The largest absolute Gasteiger partial charge is 0.497 e. The quantitative estimate of drug-likeness (QED) is 0.927. The van der Waals surface area contributed by atoms with Crippen LogP contribution in [0.3, 0.4) is 0 Å². The van der Waals surface area contributed by atoms with E-state index in [9.17, 15) is 9.90 Å². The van der Waals surface area contributed by atoms with Crippen molar-refractivity contribution in [1.29, 1.82) is 0 Å². The van der Waals surface area contributed by atoms with Gasteiger partial charge in [-0.1, -0.05) is 17.7 Å². The highest BCUT2D eigenvalue weighted by atomic mass is 16.5. The molecule has 0 aliphatic rings. The van der Waals surface area contributed by atoms with Crippen LogP contribution in [0.5, 0.6) is 11.5 Å². The molecule has 0 amide bonds. The van der Waals surface area contributed by atoms with Crippen LogP contribution < -0.4 is 9.47 Å². The standard InChI is InChI=1S/C16H16O4/c1-10-4-6-12(14(8-10)16(17)18)13-7-5-11(19-2)9-15(13)20-3/h4-9H,1-3H3,(H,17,18). The summed E-state index contributed by atoms with van der Waals surface area (Å²) in [4.78, 5) is 11.4. The number of carboxylic acid groups (broad SMARTS) is 1. The first-order chi connectivity index (χ1) is 9.56. The Morgan fingerprint density at radius 3 is 2.30 bits per heavy atom. The van der Waals surface area contributed by atoms with Crippen molar-refractivity contribution in [3.8, 4) is 22.6 Å². The molecule has 2 rings (SSSR count).